The predicted octanol–water partition coefficient (Wildman–Crippen LogP) is 4.12. The van der Waals surface area contributed by atoms with Gasteiger partial charge in [0.1, 0.15) is 5.82 Å². The molecule has 31 heavy (non-hydrogen) atoms. The van der Waals surface area contributed by atoms with E-state index in [0.29, 0.717) is 13.1 Å². The summed E-state index contributed by atoms with van der Waals surface area (Å²) in [6, 6.07) is 10.1. The van der Waals surface area contributed by atoms with Gasteiger partial charge in [0, 0.05) is 51.2 Å². The molecule has 7 nitrogen and oxygen atoms in total. The lowest BCUT2D eigenvalue weighted by molar-refractivity contribution is 0.208. The first kappa shape index (κ1) is 21.4. The van der Waals surface area contributed by atoms with Crippen molar-refractivity contribution < 1.29 is 4.79 Å². The van der Waals surface area contributed by atoms with Crippen molar-refractivity contribution in [3.05, 3.63) is 42.1 Å². The van der Waals surface area contributed by atoms with Crippen molar-refractivity contribution in [3.63, 3.8) is 0 Å². The number of piperidine rings is 1. The summed E-state index contributed by atoms with van der Waals surface area (Å²) >= 11 is 0. The number of hydrogen-bond acceptors (Lipinski definition) is 5. The van der Waals surface area contributed by atoms with Gasteiger partial charge in [-0.2, -0.15) is 4.98 Å². The number of hydrogen-bond donors (Lipinski definition) is 1. The summed E-state index contributed by atoms with van der Waals surface area (Å²) in [5.41, 5.74) is 2.20. The number of nitrogens with one attached hydrogen (secondary N) is 1. The fraction of sp³-hybridized carbons (Fsp3) is 0.542. The Hall–Kier alpha value is -2.83. The summed E-state index contributed by atoms with van der Waals surface area (Å²) in [5.74, 6) is 1.78. The highest BCUT2D eigenvalue weighted by Gasteiger charge is 2.23. The van der Waals surface area contributed by atoms with E-state index in [1.807, 2.05) is 29.3 Å². The maximum absolute atomic E-state index is 12.7. The molecule has 0 bridgehead atoms. The molecule has 2 amide bonds. The predicted molar refractivity (Wildman–Crippen MR) is 126 cm³/mol. The van der Waals surface area contributed by atoms with Crippen LogP contribution in [0.25, 0.3) is 0 Å². The molecule has 0 unspecified atom stereocenters. The summed E-state index contributed by atoms with van der Waals surface area (Å²) in [4.78, 5) is 28.4. The van der Waals surface area contributed by atoms with Crippen molar-refractivity contribution in [2.45, 2.75) is 45.4 Å². The van der Waals surface area contributed by atoms with E-state index in [4.69, 9.17) is 4.98 Å². The number of urea groups is 1. The van der Waals surface area contributed by atoms with Gasteiger partial charge in [0.25, 0.3) is 0 Å². The summed E-state index contributed by atoms with van der Waals surface area (Å²) in [5, 5.41) is 3.03. The molecule has 2 fully saturated rings. The highest BCUT2D eigenvalue weighted by Crippen LogP contribution is 2.24. The van der Waals surface area contributed by atoms with Crippen molar-refractivity contribution >= 4 is 23.5 Å². The number of anilines is 3. The monoisotopic (exact) mass is 422 g/mol. The summed E-state index contributed by atoms with van der Waals surface area (Å²) in [6.07, 6.45) is 5.56. The molecule has 2 aliphatic heterocycles. The van der Waals surface area contributed by atoms with Crippen molar-refractivity contribution in [1.82, 2.24) is 14.9 Å². The number of rotatable bonds is 3. The van der Waals surface area contributed by atoms with Crippen LogP contribution in [0.5, 0.6) is 0 Å². The van der Waals surface area contributed by atoms with E-state index in [0.717, 1.165) is 43.6 Å². The van der Waals surface area contributed by atoms with Crippen molar-refractivity contribution in [1.29, 1.82) is 0 Å². The Morgan fingerprint density at radius 3 is 2.19 bits per heavy atom. The number of piperazine rings is 1. The van der Waals surface area contributed by atoms with Crippen LogP contribution in [0.1, 0.15) is 45.6 Å². The Morgan fingerprint density at radius 1 is 0.871 bits per heavy atom. The average Bonchev–Trinajstić information content (AvgIpc) is 2.79. The van der Waals surface area contributed by atoms with Crippen LogP contribution in [-0.2, 0) is 5.41 Å². The molecule has 1 N–H and O–H groups in total. The van der Waals surface area contributed by atoms with Crippen molar-refractivity contribution in [2.75, 3.05) is 54.4 Å². The first-order chi connectivity index (χ1) is 14.9. The largest absolute Gasteiger partial charge is 0.353 e. The van der Waals surface area contributed by atoms with Gasteiger partial charge in [-0.3, -0.25) is 0 Å². The number of nitrogens with zero attached hydrogens (tertiary/aromatic N) is 5. The van der Waals surface area contributed by atoms with Gasteiger partial charge < -0.3 is 20.0 Å². The lowest BCUT2D eigenvalue weighted by atomic mass is 9.87. The third kappa shape index (κ3) is 5.27. The second-order valence-electron chi connectivity index (χ2n) is 9.49. The van der Waals surface area contributed by atoms with E-state index >= 15 is 0 Å². The molecule has 2 saturated heterocycles. The second-order valence-corrected chi connectivity index (χ2v) is 9.49. The zero-order chi connectivity index (χ0) is 21.8. The van der Waals surface area contributed by atoms with Crippen LogP contribution in [0.15, 0.2) is 36.5 Å². The van der Waals surface area contributed by atoms with E-state index in [9.17, 15) is 4.79 Å². The molecule has 2 aliphatic rings. The Bertz CT molecular complexity index is 878. The fourth-order valence-electron chi connectivity index (χ4n) is 4.16. The van der Waals surface area contributed by atoms with E-state index in [2.05, 4.69) is 53.0 Å². The third-order valence-corrected chi connectivity index (χ3v) is 6.16. The highest BCUT2D eigenvalue weighted by molar-refractivity contribution is 5.89. The van der Waals surface area contributed by atoms with Gasteiger partial charge in [-0.25, -0.2) is 9.78 Å². The Labute approximate surface area is 185 Å². The van der Waals surface area contributed by atoms with Crippen LogP contribution in [0.3, 0.4) is 0 Å². The number of benzene rings is 1. The van der Waals surface area contributed by atoms with E-state index in [1.165, 1.54) is 24.8 Å². The Morgan fingerprint density at radius 2 is 1.55 bits per heavy atom. The quantitative estimate of drug-likeness (QED) is 0.806. The smallest absolute Gasteiger partial charge is 0.321 e. The molecule has 0 saturated carbocycles. The van der Waals surface area contributed by atoms with Crippen LogP contribution in [0, 0.1) is 0 Å². The SMILES string of the molecule is CC(C)(C)c1ccc(NC(=O)N2CCN(c3ccnc(N4CCCCC4)n3)CC2)cc1. The lowest BCUT2D eigenvalue weighted by Crippen LogP contribution is -2.50. The van der Waals surface area contributed by atoms with Crippen LogP contribution in [0.2, 0.25) is 0 Å². The van der Waals surface area contributed by atoms with Gasteiger partial charge in [-0.15, -0.1) is 0 Å². The molecule has 4 rings (SSSR count). The highest BCUT2D eigenvalue weighted by atomic mass is 16.2. The summed E-state index contributed by atoms with van der Waals surface area (Å²) < 4.78 is 0. The first-order valence-corrected chi connectivity index (χ1v) is 11.4. The number of carbonyl (C=O) groups excluding carboxylic acids is 1. The minimum Gasteiger partial charge on any atom is -0.353 e. The molecule has 0 aliphatic carbocycles. The zero-order valence-corrected chi connectivity index (χ0v) is 19.0. The molecule has 7 heteroatoms. The Balaban J connectivity index is 1.32. The molecule has 0 atom stereocenters. The molecule has 3 heterocycles. The second kappa shape index (κ2) is 9.12. The molecule has 0 radical (unpaired) electrons. The van der Waals surface area contributed by atoms with E-state index < -0.39 is 0 Å². The van der Waals surface area contributed by atoms with E-state index in [1.54, 1.807) is 0 Å². The van der Waals surface area contributed by atoms with E-state index in [-0.39, 0.29) is 11.4 Å². The minimum absolute atomic E-state index is 0.0418. The van der Waals surface area contributed by atoms with Crippen molar-refractivity contribution in [2.24, 2.45) is 0 Å². The lowest BCUT2D eigenvalue weighted by Gasteiger charge is -2.36. The molecule has 2 aromatic rings. The summed E-state index contributed by atoms with van der Waals surface area (Å²) in [7, 11) is 0. The third-order valence-electron chi connectivity index (χ3n) is 6.16. The van der Waals surface area contributed by atoms with Gasteiger partial charge >= 0.3 is 6.03 Å². The van der Waals surface area contributed by atoms with Crippen LogP contribution >= 0.6 is 0 Å². The molecular formula is C24H34N6O. The molecule has 0 spiro atoms. The van der Waals surface area contributed by atoms with Gasteiger partial charge in [-0.05, 0) is 48.4 Å². The van der Waals surface area contributed by atoms with Gasteiger partial charge in [0.05, 0.1) is 0 Å². The average molecular weight is 423 g/mol. The molecule has 1 aromatic carbocycles. The summed E-state index contributed by atoms with van der Waals surface area (Å²) in [6.45, 7) is 11.5. The van der Waals surface area contributed by atoms with Crippen LogP contribution < -0.4 is 15.1 Å². The van der Waals surface area contributed by atoms with Gasteiger partial charge in [0.15, 0.2) is 0 Å². The van der Waals surface area contributed by atoms with Gasteiger partial charge in [-0.1, -0.05) is 32.9 Å². The standard InChI is InChI=1S/C24H34N6O/c1-24(2,3)19-7-9-20(10-8-19)26-23(31)30-17-15-28(16-18-30)21-11-12-25-22(27-21)29-13-5-4-6-14-29/h7-12H,4-6,13-18H2,1-3H3,(H,26,31). The molecule has 166 valence electrons. The fourth-order valence-corrected chi connectivity index (χ4v) is 4.16. The van der Waals surface area contributed by atoms with Gasteiger partial charge in [0.2, 0.25) is 5.95 Å². The van der Waals surface area contributed by atoms with Crippen molar-refractivity contribution in [3.8, 4) is 0 Å². The number of aromatic nitrogens is 2. The maximum atomic E-state index is 12.7. The number of carbonyl (C=O) groups is 1. The number of amides is 2. The normalized spacial score (nSPS) is 17.6. The Kier molecular flexibility index (Phi) is 6.30. The molecular weight excluding hydrogens is 388 g/mol. The zero-order valence-electron chi connectivity index (χ0n) is 19.0. The first-order valence-electron chi connectivity index (χ1n) is 11.4. The topological polar surface area (TPSA) is 64.6 Å². The minimum atomic E-state index is -0.0418. The maximum Gasteiger partial charge on any atom is 0.321 e. The molecule has 1 aromatic heterocycles. The van der Waals surface area contributed by atoms with Crippen LogP contribution in [-0.4, -0.2) is 60.2 Å². The van der Waals surface area contributed by atoms with Crippen LogP contribution in [0.4, 0.5) is 22.2 Å².